The SMILES string of the molecule is CC(C)COc1ccc(Cl)c(CCCCCC(=O)C(C)C)c1. The molecule has 1 aromatic rings. The molecule has 1 aromatic carbocycles. The second-order valence-corrected chi connectivity index (χ2v) is 7.05. The monoisotopic (exact) mass is 324 g/mol. The number of carbonyl (C=O) groups is 1. The summed E-state index contributed by atoms with van der Waals surface area (Å²) in [5, 5.41) is 0.801. The maximum atomic E-state index is 11.6. The highest BCUT2D eigenvalue weighted by molar-refractivity contribution is 6.31. The molecule has 0 aliphatic rings. The van der Waals surface area contributed by atoms with Crippen LogP contribution in [0.25, 0.3) is 0 Å². The number of hydrogen-bond donors (Lipinski definition) is 0. The number of ether oxygens (including phenoxy) is 1. The maximum absolute atomic E-state index is 11.6. The van der Waals surface area contributed by atoms with E-state index in [1.54, 1.807) is 0 Å². The zero-order chi connectivity index (χ0) is 16.5. The van der Waals surface area contributed by atoms with Crippen LogP contribution in [0.1, 0.15) is 58.9 Å². The number of rotatable bonds is 10. The van der Waals surface area contributed by atoms with Crippen molar-refractivity contribution in [1.29, 1.82) is 0 Å². The molecule has 0 saturated heterocycles. The average molecular weight is 325 g/mol. The number of unbranched alkanes of at least 4 members (excludes halogenated alkanes) is 2. The first kappa shape index (κ1) is 19.0. The van der Waals surface area contributed by atoms with Crippen molar-refractivity contribution in [3.8, 4) is 5.75 Å². The summed E-state index contributed by atoms with van der Waals surface area (Å²) < 4.78 is 5.75. The van der Waals surface area contributed by atoms with Crippen LogP contribution >= 0.6 is 11.6 Å². The van der Waals surface area contributed by atoms with E-state index in [2.05, 4.69) is 13.8 Å². The number of halogens is 1. The summed E-state index contributed by atoms with van der Waals surface area (Å²) in [6.07, 6.45) is 4.72. The molecule has 3 heteroatoms. The lowest BCUT2D eigenvalue weighted by Gasteiger charge is -2.11. The molecule has 1 rings (SSSR count). The van der Waals surface area contributed by atoms with Crippen LogP contribution in [0, 0.1) is 11.8 Å². The fourth-order valence-corrected chi connectivity index (χ4v) is 2.39. The van der Waals surface area contributed by atoms with E-state index in [1.807, 2.05) is 32.0 Å². The van der Waals surface area contributed by atoms with Gasteiger partial charge < -0.3 is 4.74 Å². The van der Waals surface area contributed by atoms with Gasteiger partial charge in [-0.15, -0.1) is 0 Å². The lowest BCUT2D eigenvalue weighted by Crippen LogP contribution is -2.06. The van der Waals surface area contributed by atoms with Crippen LogP contribution in [-0.2, 0) is 11.2 Å². The molecule has 0 N–H and O–H groups in total. The first-order valence-electron chi connectivity index (χ1n) is 8.34. The molecule has 124 valence electrons. The number of carbonyl (C=O) groups excluding carboxylic acids is 1. The number of Topliss-reactive ketones (excluding diaryl/α,β-unsaturated/α-hetero) is 1. The van der Waals surface area contributed by atoms with E-state index in [0.29, 0.717) is 18.1 Å². The Labute approximate surface area is 140 Å². The first-order chi connectivity index (χ1) is 10.4. The van der Waals surface area contributed by atoms with Gasteiger partial charge in [0.1, 0.15) is 11.5 Å². The molecule has 0 unspecified atom stereocenters. The Morgan fingerprint density at radius 2 is 1.86 bits per heavy atom. The third-order valence-electron chi connectivity index (χ3n) is 3.61. The molecule has 0 saturated carbocycles. The van der Waals surface area contributed by atoms with Gasteiger partial charge in [-0.25, -0.2) is 0 Å². The van der Waals surface area contributed by atoms with Crippen molar-refractivity contribution < 1.29 is 9.53 Å². The van der Waals surface area contributed by atoms with Gasteiger partial charge in [-0.2, -0.15) is 0 Å². The van der Waals surface area contributed by atoms with Crippen molar-refractivity contribution in [3.05, 3.63) is 28.8 Å². The van der Waals surface area contributed by atoms with E-state index in [-0.39, 0.29) is 5.92 Å². The molecule has 0 bridgehead atoms. The average Bonchev–Trinajstić information content (AvgIpc) is 2.46. The summed E-state index contributed by atoms with van der Waals surface area (Å²) in [5.41, 5.74) is 1.14. The highest BCUT2D eigenvalue weighted by Crippen LogP contribution is 2.24. The van der Waals surface area contributed by atoms with Crippen molar-refractivity contribution in [2.45, 2.75) is 59.8 Å². The van der Waals surface area contributed by atoms with Gasteiger partial charge in [0.25, 0.3) is 0 Å². The van der Waals surface area contributed by atoms with Crippen LogP contribution in [0.2, 0.25) is 5.02 Å². The number of aryl methyl sites for hydroxylation is 1. The van der Waals surface area contributed by atoms with Crippen molar-refractivity contribution in [1.82, 2.24) is 0 Å². The van der Waals surface area contributed by atoms with Gasteiger partial charge >= 0.3 is 0 Å². The summed E-state index contributed by atoms with van der Waals surface area (Å²) in [6, 6.07) is 5.88. The smallest absolute Gasteiger partial charge is 0.135 e. The van der Waals surface area contributed by atoms with Crippen LogP contribution in [0.4, 0.5) is 0 Å². The Hall–Kier alpha value is -1.02. The minimum absolute atomic E-state index is 0.157. The van der Waals surface area contributed by atoms with E-state index in [1.165, 1.54) is 0 Å². The molecule has 0 aliphatic heterocycles. The summed E-state index contributed by atoms with van der Waals surface area (Å²) in [7, 11) is 0. The molecular weight excluding hydrogens is 296 g/mol. The van der Waals surface area contributed by atoms with Crippen LogP contribution < -0.4 is 4.74 Å². The molecule has 0 aromatic heterocycles. The highest BCUT2D eigenvalue weighted by atomic mass is 35.5. The van der Waals surface area contributed by atoms with E-state index in [9.17, 15) is 4.79 Å². The number of benzene rings is 1. The molecule has 0 radical (unpaired) electrons. The van der Waals surface area contributed by atoms with E-state index in [4.69, 9.17) is 16.3 Å². The molecule has 22 heavy (non-hydrogen) atoms. The van der Waals surface area contributed by atoms with Crippen molar-refractivity contribution >= 4 is 17.4 Å². The van der Waals surface area contributed by atoms with E-state index >= 15 is 0 Å². The van der Waals surface area contributed by atoms with E-state index in [0.717, 1.165) is 48.6 Å². The Balaban J connectivity index is 2.38. The van der Waals surface area contributed by atoms with Gasteiger partial charge in [0.05, 0.1) is 6.61 Å². The van der Waals surface area contributed by atoms with Crippen LogP contribution in [0.5, 0.6) is 5.75 Å². The van der Waals surface area contributed by atoms with Gasteiger partial charge in [-0.05, 0) is 48.9 Å². The predicted molar refractivity (Wildman–Crippen MR) is 93.8 cm³/mol. The third kappa shape index (κ3) is 7.31. The Bertz CT molecular complexity index is 467. The molecule has 0 fully saturated rings. The van der Waals surface area contributed by atoms with Gasteiger partial charge in [-0.1, -0.05) is 45.7 Å². The number of hydrogen-bond acceptors (Lipinski definition) is 2. The van der Waals surface area contributed by atoms with Gasteiger partial charge in [0, 0.05) is 17.4 Å². The summed E-state index contributed by atoms with van der Waals surface area (Å²) >= 11 is 6.25. The standard InChI is InChI=1S/C19H29ClO2/c1-14(2)13-22-17-10-11-18(20)16(12-17)8-6-5-7-9-19(21)15(3)4/h10-12,14-15H,5-9,13H2,1-4H3. The van der Waals surface area contributed by atoms with Gasteiger partial charge in [-0.3, -0.25) is 4.79 Å². The fourth-order valence-electron chi connectivity index (χ4n) is 2.18. The summed E-state index contributed by atoms with van der Waals surface area (Å²) in [6.45, 7) is 8.92. The van der Waals surface area contributed by atoms with Crippen molar-refractivity contribution in [2.24, 2.45) is 11.8 Å². The molecule has 0 atom stereocenters. The fraction of sp³-hybridized carbons (Fsp3) is 0.632. The largest absolute Gasteiger partial charge is 0.493 e. The van der Waals surface area contributed by atoms with Crippen LogP contribution in [0.15, 0.2) is 18.2 Å². The molecule has 0 heterocycles. The zero-order valence-corrected chi connectivity index (χ0v) is 15.1. The third-order valence-corrected chi connectivity index (χ3v) is 3.98. The van der Waals surface area contributed by atoms with Crippen LogP contribution in [-0.4, -0.2) is 12.4 Å². The second kappa shape index (κ2) is 9.89. The van der Waals surface area contributed by atoms with Crippen molar-refractivity contribution in [2.75, 3.05) is 6.61 Å². The molecular formula is C19H29ClO2. The molecule has 0 spiro atoms. The van der Waals surface area contributed by atoms with Crippen molar-refractivity contribution in [3.63, 3.8) is 0 Å². The Morgan fingerprint density at radius 1 is 1.14 bits per heavy atom. The maximum Gasteiger partial charge on any atom is 0.135 e. The van der Waals surface area contributed by atoms with Gasteiger partial charge in [0.2, 0.25) is 0 Å². The molecule has 0 aliphatic carbocycles. The molecule has 0 amide bonds. The lowest BCUT2D eigenvalue weighted by molar-refractivity contribution is -0.122. The molecule has 2 nitrogen and oxygen atoms in total. The van der Waals surface area contributed by atoms with Gasteiger partial charge in [0.15, 0.2) is 0 Å². The minimum Gasteiger partial charge on any atom is -0.493 e. The number of ketones is 1. The summed E-state index contributed by atoms with van der Waals surface area (Å²) in [5.74, 6) is 1.92. The first-order valence-corrected chi connectivity index (χ1v) is 8.72. The zero-order valence-electron chi connectivity index (χ0n) is 14.3. The Morgan fingerprint density at radius 3 is 2.50 bits per heavy atom. The van der Waals surface area contributed by atoms with Crippen LogP contribution in [0.3, 0.4) is 0 Å². The topological polar surface area (TPSA) is 26.3 Å². The quantitative estimate of drug-likeness (QED) is 0.516. The lowest BCUT2D eigenvalue weighted by atomic mass is 10.0. The Kier molecular flexibility index (Phi) is 8.55. The normalized spacial score (nSPS) is 11.2. The summed E-state index contributed by atoms with van der Waals surface area (Å²) in [4.78, 5) is 11.6. The minimum atomic E-state index is 0.157. The highest BCUT2D eigenvalue weighted by Gasteiger charge is 2.07. The van der Waals surface area contributed by atoms with E-state index < -0.39 is 0 Å². The second-order valence-electron chi connectivity index (χ2n) is 6.64. The predicted octanol–water partition coefficient (Wildman–Crippen LogP) is 5.70.